The van der Waals surface area contributed by atoms with Crippen LogP contribution in [0.3, 0.4) is 0 Å². The Morgan fingerprint density at radius 3 is 2.51 bits per heavy atom. The van der Waals surface area contributed by atoms with Gasteiger partial charge in [-0.15, -0.1) is 10.2 Å². The van der Waals surface area contributed by atoms with Crippen molar-refractivity contribution >= 4 is 26.8 Å². The summed E-state index contributed by atoms with van der Waals surface area (Å²) in [6.07, 6.45) is 3.45. The molecule has 0 spiro atoms. The van der Waals surface area contributed by atoms with Crippen LogP contribution in [0.2, 0.25) is 0 Å². The van der Waals surface area contributed by atoms with E-state index in [2.05, 4.69) is 27.4 Å². The van der Waals surface area contributed by atoms with Gasteiger partial charge in [0.05, 0.1) is 23.2 Å². The zero-order chi connectivity index (χ0) is 27.6. The first-order chi connectivity index (χ1) is 18.5. The van der Waals surface area contributed by atoms with Crippen LogP contribution in [-0.4, -0.2) is 50.2 Å². The van der Waals surface area contributed by atoms with E-state index in [-0.39, 0.29) is 22.4 Å². The lowest BCUT2D eigenvalue weighted by molar-refractivity contribution is -0.129. The number of nitrogens with zero attached hydrogens (tertiary/aromatic N) is 5. The lowest BCUT2D eigenvalue weighted by Gasteiger charge is -2.32. The number of nitrogens with one attached hydrogen (secondary N) is 1. The molecule has 2 aliphatic carbocycles. The highest BCUT2D eigenvalue weighted by molar-refractivity contribution is 7.90. The van der Waals surface area contributed by atoms with Crippen molar-refractivity contribution in [3.8, 4) is 0 Å². The van der Waals surface area contributed by atoms with E-state index < -0.39 is 28.3 Å². The third-order valence-electron chi connectivity index (χ3n) is 8.37. The molecule has 6 rings (SSSR count). The molecule has 0 amide bonds. The smallest absolute Gasteiger partial charge is 0.303 e. The van der Waals surface area contributed by atoms with E-state index >= 15 is 0 Å². The van der Waals surface area contributed by atoms with Gasteiger partial charge in [-0.25, -0.2) is 17.4 Å². The normalized spacial score (nSPS) is 24.2. The van der Waals surface area contributed by atoms with Crippen molar-refractivity contribution in [2.75, 3.05) is 6.54 Å². The molecule has 3 atom stereocenters. The third-order valence-corrected chi connectivity index (χ3v) is 10.0. The van der Waals surface area contributed by atoms with Crippen LogP contribution in [0.25, 0.3) is 16.8 Å². The summed E-state index contributed by atoms with van der Waals surface area (Å²) >= 11 is 0. The Morgan fingerprint density at radius 1 is 1.10 bits per heavy atom. The standard InChI is InChI=1S/C27H31F3N6O2S/c1-3-19-13-26(12-18-6-7-18,32-16-27(28,29)30)14-21(19)24-34-33-23-15-31-25-22(36(23)24)10-11-35(25)39(37,38)20-8-4-17(2)5-9-20/h4-5,8-11,15,18-19,21,32H,3,6-7,12-14,16H2,1-2H3. The average molecular weight is 561 g/mol. The van der Waals surface area contributed by atoms with Crippen molar-refractivity contribution in [2.45, 2.75) is 74.9 Å². The van der Waals surface area contributed by atoms with Crippen LogP contribution in [0, 0.1) is 18.8 Å². The van der Waals surface area contributed by atoms with Crippen molar-refractivity contribution in [1.29, 1.82) is 0 Å². The first-order valence-electron chi connectivity index (χ1n) is 13.3. The lowest BCUT2D eigenvalue weighted by atomic mass is 9.88. The fourth-order valence-corrected chi connectivity index (χ4v) is 7.60. The molecule has 0 radical (unpaired) electrons. The molecule has 3 heterocycles. The second-order valence-electron chi connectivity index (χ2n) is 11.2. The Kier molecular flexibility index (Phi) is 6.25. The Bertz CT molecular complexity index is 1620. The van der Waals surface area contributed by atoms with Gasteiger partial charge in [-0.3, -0.25) is 4.40 Å². The highest BCUT2D eigenvalue weighted by Crippen LogP contribution is 2.52. The monoisotopic (exact) mass is 560 g/mol. The molecular weight excluding hydrogens is 529 g/mol. The second-order valence-corrected chi connectivity index (χ2v) is 13.0. The van der Waals surface area contributed by atoms with Crippen LogP contribution in [0.5, 0.6) is 0 Å². The Balaban J connectivity index is 1.41. The number of rotatable bonds is 8. The fraction of sp³-hybridized carbons (Fsp3) is 0.519. The Labute approximate surface area is 224 Å². The Morgan fingerprint density at radius 2 is 1.85 bits per heavy atom. The quantitative estimate of drug-likeness (QED) is 0.318. The van der Waals surface area contributed by atoms with Crippen LogP contribution < -0.4 is 5.32 Å². The van der Waals surface area contributed by atoms with Crippen molar-refractivity contribution in [3.63, 3.8) is 0 Å². The van der Waals surface area contributed by atoms with E-state index in [1.165, 1.54) is 12.4 Å². The van der Waals surface area contributed by atoms with E-state index in [0.29, 0.717) is 35.7 Å². The van der Waals surface area contributed by atoms with E-state index in [1.54, 1.807) is 30.3 Å². The van der Waals surface area contributed by atoms with Gasteiger partial charge in [0, 0.05) is 17.7 Å². The van der Waals surface area contributed by atoms with Gasteiger partial charge >= 0.3 is 6.18 Å². The zero-order valence-corrected chi connectivity index (χ0v) is 22.6. The molecule has 0 aliphatic heterocycles. The predicted molar refractivity (Wildman–Crippen MR) is 140 cm³/mol. The fourth-order valence-electron chi connectivity index (χ4n) is 6.30. The summed E-state index contributed by atoms with van der Waals surface area (Å²) in [5, 5.41) is 11.7. The van der Waals surface area contributed by atoms with E-state index in [0.717, 1.165) is 35.2 Å². The van der Waals surface area contributed by atoms with Crippen molar-refractivity contribution in [2.24, 2.45) is 11.8 Å². The number of benzene rings is 1. The van der Waals surface area contributed by atoms with Gasteiger partial charge < -0.3 is 5.32 Å². The summed E-state index contributed by atoms with van der Waals surface area (Å²) in [4.78, 5) is 4.57. The summed E-state index contributed by atoms with van der Waals surface area (Å²) in [6.45, 7) is 2.93. The molecule has 208 valence electrons. The summed E-state index contributed by atoms with van der Waals surface area (Å²) in [6, 6.07) is 8.30. The van der Waals surface area contributed by atoms with Gasteiger partial charge in [0.25, 0.3) is 10.0 Å². The largest absolute Gasteiger partial charge is 0.401 e. The molecule has 1 aromatic carbocycles. The highest BCUT2D eigenvalue weighted by Gasteiger charge is 2.50. The molecule has 4 aromatic rings. The number of halogens is 3. The SMILES string of the molecule is CCC1CC(CC2CC2)(NCC(F)(F)F)CC1c1nnc2cnc3c(ccn3S(=O)(=O)c3ccc(C)cc3)n12. The molecule has 3 unspecified atom stereocenters. The number of alkyl halides is 3. The van der Waals surface area contributed by atoms with Crippen molar-refractivity contribution < 1.29 is 21.6 Å². The van der Waals surface area contributed by atoms with Crippen LogP contribution in [0.15, 0.2) is 47.6 Å². The van der Waals surface area contributed by atoms with Crippen molar-refractivity contribution in [3.05, 3.63) is 54.1 Å². The van der Waals surface area contributed by atoms with Crippen LogP contribution >= 0.6 is 0 Å². The zero-order valence-electron chi connectivity index (χ0n) is 21.8. The second kappa shape index (κ2) is 9.29. The summed E-state index contributed by atoms with van der Waals surface area (Å²) in [7, 11) is -3.90. The van der Waals surface area contributed by atoms with Crippen LogP contribution in [0.1, 0.15) is 62.8 Å². The average Bonchev–Trinajstić information content (AvgIpc) is 3.28. The van der Waals surface area contributed by atoms with Gasteiger partial charge in [-0.05, 0) is 56.2 Å². The van der Waals surface area contributed by atoms with Crippen LogP contribution in [-0.2, 0) is 10.0 Å². The number of hydrogen-bond donors (Lipinski definition) is 1. The topological polar surface area (TPSA) is 94.2 Å². The Hall–Kier alpha value is -2.99. The molecule has 8 nitrogen and oxygen atoms in total. The van der Waals surface area contributed by atoms with Gasteiger partial charge in [0.2, 0.25) is 0 Å². The van der Waals surface area contributed by atoms with Gasteiger partial charge in [0.1, 0.15) is 5.82 Å². The first-order valence-corrected chi connectivity index (χ1v) is 14.8. The van der Waals surface area contributed by atoms with Gasteiger partial charge in [0.15, 0.2) is 11.3 Å². The van der Waals surface area contributed by atoms with E-state index in [4.69, 9.17) is 0 Å². The van der Waals surface area contributed by atoms with Crippen LogP contribution in [0.4, 0.5) is 13.2 Å². The maximum atomic E-state index is 13.5. The summed E-state index contributed by atoms with van der Waals surface area (Å²) in [5.74, 6) is 1.07. The van der Waals surface area contributed by atoms with E-state index in [1.807, 2.05) is 11.3 Å². The molecule has 1 N–H and O–H groups in total. The molecule has 2 aliphatic rings. The summed E-state index contributed by atoms with van der Waals surface area (Å²) < 4.78 is 69.7. The maximum absolute atomic E-state index is 13.5. The lowest BCUT2D eigenvalue weighted by Crippen LogP contribution is -2.48. The molecule has 2 fully saturated rings. The van der Waals surface area contributed by atoms with Crippen molar-refractivity contribution in [1.82, 2.24) is 28.9 Å². The molecule has 3 aromatic heterocycles. The van der Waals surface area contributed by atoms with E-state index in [9.17, 15) is 21.6 Å². The minimum atomic E-state index is -4.29. The molecule has 0 bridgehead atoms. The number of aromatic nitrogens is 5. The molecular formula is C27H31F3N6O2S. The number of fused-ring (bicyclic) bond motifs is 3. The highest BCUT2D eigenvalue weighted by atomic mass is 32.2. The number of aryl methyl sites for hydroxylation is 1. The summed E-state index contributed by atoms with van der Waals surface area (Å²) in [5.41, 5.74) is 1.59. The molecule has 2 saturated carbocycles. The number of hydrogen-bond acceptors (Lipinski definition) is 6. The first kappa shape index (κ1) is 26.2. The van der Waals surface area contributed by atoms with Gasteiger partial charge in [-0.1, -0.05) is 43.9 Å². The minimum absolute atomic E-state index is 0.110. The molecule has 12 heteroatoms. The predicted octanol–water partition coefficient (Wildman–Crippen LogP) is 5.22. The molecule has 39 heavy (non-hydrogen) atoms. The maximum Gasteiger partial charge on any atom is 0.401 e. The molecule has 0 saturated heterocycles. The third kappa shape index (κ3) is 4.82. The minimum Gasteiger partial charge on any atom is -0.303 e. The van der Waals surface area contributed by atoms with Gasteiger partial charge in [-0.2, -0.15) is 13.2 Å².